The van der Waals surface area contributed by atoms with Crippen LogP contribution < -0.4 is 0 Å². The molecular formula is C28H34Cl2FeN4. The Morgan fingerprint density at radius 1 is 0.686 bits per heavy atom. The summed E-state index contributed by atoms with van der Waals surface area (Å²) in [4.78, 5) is 19.2. The minimum absolute atomic E-state index is 0.194. The van der Waals surface area contributed by atoms with Crippen LogP contribution in [0, 0.1) is 55.4 Å². The molecule has 0 atom stereocenters. The summed E-state index contributed by atoms with van der Waals surface area (Å²) in [5.41, 5.74) is 14.4. The van der Waals surface area contributed by atoms with Gasteiger partial charge < -0.3 is 0 Å². The molecule has 188 valence electrons. The van der Waals surface area contributed by atoms with Crippen LogP contribution in [0.4, 0.5) is 11.4 Å². The van der Waals surface area contributed by atoms with Crippen LogP contribution in [0.1, 0.15) is 69.9 Å². The van der Waals surface area contributed by atoms with Crippen molar-refractivity contribution in [3.05, 3.63) is 80.4 Å². The number of nitrogens with zero attached hydrogens (tertiary/aromatic N) is 4. The fraction of sp³-hybridized carbons (Fsp3) is 0.357. The maximum atomic E-state index is 4.97. The number of benzene rings is 2. The molecule has 4 nitrogen and oxygen atoms in total. The Kier molecular flexibility index (Phi) is 10.7. The molecular weight excluding hydrogens is 519 g/mol. The first-order chi connectivity index (χ1) is 16.4. The van der Waals surface area contributed by atoms with Crippen LogP contribution in [0.3, 0.4) is 0 Å². The molecule has 2 aromatic carbocycles. The first-order valence-corrected chi connectivity index (χ1v) is 14.4. The van der Waals surface area contributed by atoms with Gasteiger partial charge in [0, 0.05) is 6.20 Å². The van der Waals surface area contributed by atoms with E-state index < -0.39 is 0 Å². The van der Waals surface area contributed by atoms with Gasteiger partial charge >= 0.3 is 33.3 Å². The number of halogens is 2. The van der Waals surface area contributed by atoms with Gasteiger partial charge in [-0.25, -0.2) is 15.0 Å². The van der Waals surface area contributed by atoms with Crippen molar-refractivity contribution < 1.29 is 13.1 Å². The van der Waals surface area contributed by atoms with Crippen LogP contribution >= 0.6 is 20.2 Å². The normalized spacial score (nSPS) is 12.0. The van der Waals surface area contributed by atoms with Crippen LogP contribution in [-0.2, 0) is 13.1 Å². The van der Waals surface area contributed by atoms with Crippen LogP contribution in [0.15, 0.2) is 34.4 Å². The molecule has 0 amide bonds. The summed E-state index contributed by atoms with van der Waals surface area (Å²) in [6, 6.07) is 6.35. The predicted octanol–water partition coefficient (Wildman–Crippen LogP) is 8.60. The number of rotatable bonds is 4. The van der Waals surface area contributed by atoms with Crippen molar-refractivity contribution in [2.45, 2.75) is 69.2 Å². The SMILES string of the molecule is CC(=Nc1c(C)c(C)cc(C)c1C)c1ccnc(C(C)=Nc2c(C)c(C)cc(C)c2C)n1.[Cl][Fe][Cl]. The number of hydrogen-bond acceptors (Lipinski definition) is 4. The molecule has 0 aliphatic heterocycles. The van der Waals surface area contributed by atoms with Crippen molar-refractivity contribution in [1.29, 1.82) is 0 Å². The van der Waals surface area contributed by atoms with Gasteiger partial charge in [-0.05, 0) is 120 Å². The summed E-state index contributed by atoms with van der Waals surface area (Å²) in [6.07, 6.45) is 1.79. The second-order valence-electron chi connectivity index (χ2n) is 8.93. The molecule has 0 N–H and O–H groups in total. The molecule has 3 aromatic rings. The van der Waals surface area contributed by atoms with Gasteiger partial charge in [0.05, 0.1) is 28.5 Å². The molecule has 0 unspecified atom stereocenters. The van der Waals surface area contributed by atoms with Gasteiger partial charge in [-0.1, -0.05) is 12.1 Å². The number of aliphatic imine (C=N–C) groups is 2. The van der Waals surface area contributed by atoms with Crippen LogP contribution in [0.2, 0.25) is 0 Å². The van der Waals surface area contributed by atoms with E-state index in [0.717, 1.165) is 28.5 Å². The van der Waals surface area contributed by atoms with E-state index in [1.54, 1.807) is 6.20 Å². The van der Waals surface area contributed by atoms with Gasteiger partial charge in [0.2, 0.25) is 0 Å². The molecule has 0 radical (unpaired) electrons. The van der Waals surface area contributed by atoms with Crippen molar-refractivity contribution in [1.82, 2.24) is 9.97 Å². The van der Waals surface area contributed by atoms with E-state index in [-0.39, 0.29) is 13.1 Å². The summed E-state index contributed by atoms with van der Waals surface area (Å²) in [5, 5.41) is 0. The zero-order chi connectivity index (χ0) is 26.4. The standard InChI is InChI=1S/C28H34N4.2ClH.Fe/c1-15-13-16(2)20(6)26(19(15)5)30-23(9)25-11-12-29-28(32-25)24(10)31-27-21(7)17(3)14-18(4)22(27)8;;;/h11-14H,1-10H3;2*1H;/q;;;+2/p-2. The Balaban J connectivity index is 0.00000137. The molecule has 7 heteroatoms. The maximum absolute atomic E-state index is 4.97. The van der Waals surface area contributed by atoms with Crippen LogP contribution in [0.5, 0.6) is 0 Å². The third-order valence-electron chi connectivity index (χ3n) is 6.56. The van der Waals surface area contributed by atoms with Gasteiger partial charge in [0.1, 0.15) is 0 Å². The fourth-order valence-corrected chi connectivity index (χ4v) is 3.90. The van der Waals surface area contributed by atoms with E-state index in [1.807, 2.05) is 19.9 Å². The molecule has 0 bridgehead atoms. The first kappa shape index (κ1) is 29.2. The van der Waals surface area contributed by atoms with E-state index >= 15 is 0 Å². The molecule has 35 heavy (non-hydrogen) atoms. The van der Waals surface area contributed by atoms with Crippen LogP contribution in [-0.4, -0.2) is 21.4 Å². The van der Waals surface area contributed by atoms with E-state index in [9.17, 15) is 0 Å². The molecule has 0 spiro atoms. The molecule has 0 fully saturated rings. The van der Waals surface area contributed by atoms with E-state index in [2.05, 4.69) is 72.5 Å². The van der Waals surface area contributed by atoms with Gasteiger partial charge in [0.25, 0.3) is 0 Å². The Hall–Kier alpha value is -2.04. The second kappa shape index (κ2) is 12.8. The number of aryl methyl sites for hydroxylation is 4. The number of aromatic nitrogens is 2. The van der Waals surface area contributed by atoms with Gasteiger partial charge in [0.15, 0.2) is 5.82 Å². The first-order valence-electron chi connectivity index (χ1n) is 11.4. The number of hydrogen-bond donors (Lipinski definition) is 0. The zero-order valence-electron chi connectivity index (χ0n) is 22.2. The van der Waals surface area contributed by atoms with Crippen molar-refractivity contribution in [2.75, 3.05) is 0 Å². The van der Waals surface area contributed by atoms with E-state index in [4.69, 9.17) is 35.2 Å². The Labute approximate surface area is 225 Å². The average molecular weight is 553 g/mol. The predicted molar refractivity (Wildman–Crippen MR) is 148 cm³/mol. The van der Waals surface area contributed by atoms with Crippen molar-refractivity contribution in [3.63, 3.8) is 0 Å². The molecule has 1 heterocycles. The topological polar surface area (TPSA) is 50.5 Å². The van der Waals surface area contributed by atoms with E-state index in [1.165, 1.54) is 44.5 Å². The van der Waals surface area contributed by atoms with Crippen LogP contribution in [0.25, 0.3) is 0 Å². The van der Waals surface area contributed by atoms with E-state index in [0.29, 0.717) is 5.82 Å². The third-order valence-corrected chi connectivity index (χ3v) is 6.56. The van der Waals surface area contributed by atoms with Gasteiger partial charge in [-0.2, -0.15) is 0 Å². The van der Waals surface area contributed by atoms with Gasteiger partial charge in [-0.15, -0.1) is 0 Å². The summed E-state index contributed by atoms with van der Waals surface area (Å²) in [7, 11) is 9.53. The molecule has 0 saturated heterocycles. The Morgan fingerprint density at radius 2 is 1.06 bits per heavy atom. The minimum atomic E-state index is 0.194. The third kappa shape index (κ3) is 7.01. The summed E-state index contributed by atoms with van der Waals surface area (Å²) < 4.78 is 0. The summed E-state index contributed by atoms with van der Waals surface area (Å²) >= 11 is 0.194. The molecule has 0 aliphatic carbocycles. The second-order valence-corrected chi connectivity index (χ2v) is 10.8. The molecule has 1 aromatic heterocycles. The fourth-order valence-electron chi connectivity index (χ4n) is 3.90. The zero-order valence-corrected chi connectivity index (χ0v) is 24.8. The molecule has 0 saturated carbocycles. The van der Waals surface area contributed by atoms with Crippen molar-refractivity contribution >= 4 is 43.0 Å². The molecule has 0 aliphatic rings. The Morgan fingerprint density at radius 3 is 1.46 bits per heavy atom. The van der Waals surface area contributed by atoms with Gasteiger partial charge in [-0.3, -0.25) is 4.99 Å². The van der Waals surface area contributed by atoms with Crippen molar-refractivity contribution in [3.8, 4) is 0 Å². The quantitative estimate of drug-likeness (QED) is 0.240. The molecule has 3 rings (SSSR count). The monoisotopic (exact) mass is 552 g/mol. The summed E-state index contributed by atoms with van der Waals surface area (Å²) in [5.74, 6) is 0.629. The summed E-state index contributed by atoms with van der Waals surface area (Å²) in [6.45, 7) is 21.0. The Bertz CT molecular complexity index is 1150. The van der Waals surface area contributed by atoms with Crippen molar-refractivity contribution in [2.24, 2.45) is 9.98 Å². The average Bonchev–Trinajstić information content (AvgIpc) is 2.82.